The third-order valence-corrected chi connectivity index (χ3v) is 2.81. The summed E-state index contributed by atoms with van der Waals surface area (Å²) >= 11 is 5.55. The maximum absolute atomic E-state index is 11.6. The highest BCUT2D eigenvalue weighted by molar-refractivity contribution is 6.18. The molecule has 1 aromatic carbocycles. The van der Waals surface area contributed by atoms with Crippen molar-refractivity contribution in [2.75, 3.05) is 5.88 Å². The molecule has 0 spiro atoms. The van der Waals surface area contributed by atoms with E-state index in [1.54, 1.807) is 0 Å². The van der Waals surface area contributed by atoms with Gasteiger partial charge in [0.2, 0.25) is 0 Å². The van der Waals surface area contributed by atoms with Gasteiger partial charge in [0.1, 0.15) is 5.75 Å². The van der Waals surface area contributed by atoms with Gasteiger partial charge in [0.25, 0.3) is 0 Å². The standard InChI is InChI=1S/C13H15ClO2/c14-9-1-2-13(15)10-3-5-11(6-4-10)16-12-7-8-12/h3-6,12H,1-2,7-9H2. The molecule has 1 fully saturated rings. The van der Waals surface area contributed by atoms with Crippen LogP contribution in [0.25, 0.3) is 0 Å². The lowest BCUT2D eigenvalue weighted by Gasteiger charge is -2.05. The summed E-state index contributed by atoms with van der Waals surface area (Å²) in [4.78, 5) is 11.6. The number of halogens is 1. The molecular weight excluding hydrogens is 224 g/mol. The molecule has 0 N–H and O–H groups in total. The molecule has 0 radical (unpaired) electrons. The number of ketones is 1. The molecule has 16 heavy (non-hydrogen) atoms. The van der Waals surface area contributed by atoms with Crippen molar-refractivity contribution in [3.05, 3.63) is 29.8 Å². The Hall–Kier alpha value is -1.02. The van der Waals surface area contributed by atoms with E-state index < -0.39 is 0 Å². The predicted molar refractivity (Wildman–Crippen MR) is 64.4 cm³/mol. The topological polar surface area (TPSA) is 26.3 Å². The van der Waals surface area contributed by atoms with E-state index in [1.165, 1.54) is 0 Å². The van der Waals surface area contributed by atoms with Crippen molar-refractivity contribution in [3.63, 3.8) is 0 Å². The van der Waals surface area contributed by atoms with Crippen molar-refractivity contribution in [2.45, 2.75) is 31.8 Å². The third-order valence-electron chi connectivity index (χ3n) is 2.54. The van der Waals surface area contributed by atoms with Crippen LogP contribution in [0.3, 0.4) is 0 Å². The molecule has 1 saturated carbocycles. The van der Waals surface area contributed by atoms with E-state index in [-0.39, 0.29) is 5.78 Å². The number of rotatable bonds is 6. The third kappa shape index (κ3) is 3.24. The zero-order valence-corrected chi connectivity index (χ0v) is 9.87. The van der Waals surface area contributed by atoms with E-state index in [0.717, 1.165) is 30.6 Å². The number of Topliss-reactive ketones (excluding diaryl/α,β-unsaturated/α-hetero) is 1. The second-order valence-electron chi connectivity index (χ2n) is 4.06. The Morgan fingerprint density at radius 2 is 2.00 bits per heavy atom. The Kier molecular flexibility index (Phi) is 3.83. The molecular formula is C13H15ClO2. The number of carbonyl (C=O) groups excluding carboxylic acids is 1. The number of benzene rings is 1. The predicted octanol–water partition coefficient (Wildman–Crippen LogP) is 3.43. The lowest BCUT2D eigenvalue weighted by atomic mass is 10.1. The molecule has 1 aromatic rings. The first-order valence-corrected chi connectivity index (χ1v) is 6.19. The lowest BCUT2D eigenvalue weighted by molar-refractivity contribution is 0.0982. The van der Waals surface area contributed by atoms with Crippen LogP contribution in [0.15, 0.2) is 24.3 Å². The Balaban J connectivity index is 1.92. The first-order chi connectivity index (χ1) is 7.79. The average molecular weight is 239 g/mol. The van der Waals surface area contributed by atoms with Gasteiger partial charge in [0.15, 0.2) is 5.78 Å². The molecule has 3 heteroatoms. The molecule has 0 atom stereocenters. The first kappa shape index (κ1) is 11.5. The van der Waals surface area contributed by atoms with Crippen molar-refractivity contribution >= 4 is 17.4 Å². The lowest BCUT2D eigenvalue weighted by Crippen LogP contribution is -2.00. The van der Waals surface area contributed by atoms with Crippen LogP contribution in [0.5, 0.6) is 5.75 Å². The summed E-state index contributed by atoms with van der Waals surface area (Å²) in [6, 6.07) is 7.39. The van der Waals surface area contributed by atoms with Gasteiger partial charge in [-0.1, -0.05) is 0 Å². The fourth-order valence-electron chi connectivity index (χ4n) is 1.47. The fraction of sp³-hybridized carbons (Fsp3) is 0.462. The highest BCUT2D eigenvalue weighted by Gasteiger charge is 2.23. The molecule has 0 saturated heterocycles. The van der Waals surface area contributed by atoms with Gasteiger partial charge in [0.05, 0.1) is 6.10 Å². The Labute approximate surface area is 101 Å². The molecule has 1 aliphatic carbocycles. The number of hydrogen-bond acceptors (Lipinski definition) is 2. The Morgan fingerprint density at radius 1 is 1.31 bits per heavy atom. The van der Waals surface area contributed by atoms with Crippen LogP contribution in [-0.2, 0) is 0 Å². The van der Waals surface area contributed by atoms with Gasteiger partial charge in [0, 0.05) is 17.9 Å². The summed E-state index contributed by atoms with van der Waals surface area (Å²) in [5.74, 6) is 1.55. The summed E-state index contributed by atoms with van der Waals surface area (Å²) in [5.41, 5.74) is 0.744. The van der Waals surface area contributed by atoms with Crippen LogP contribution < -0.4 is 4.74 Å². The Morgan fingerprint density at radius 3 is 2.56 bits per heavy atom. The minimum atomic E-state index is 0.152. The minimum Gasteiger partial charge on any atom is -0.490 e. The monoisotopic (exact) mass is 238 g/mol. The van der Waals surface area contributed by atoms with Crippen LogP contribution in [0, 0.1) is 0 Å². The summed E-state index contributed by atoms with van der Waals surface area (Å²) < 4.78 is 5.61. The highest BCUT2D eigenvalue weighted by atomic mass is 35.5. The van der Waals surface area contributed by atoms with Crippen LogP contribution >= 0.6 is 11.6 Å². The van der Waals surface area contributed by atoms with Crippen LogP contribution in [0.1, 0.15) is 36.0 Å². The van der Waals surface area contributed by atoms with Crippen molar-refractivity contribution < 1.29 is 9.53 Å². The van der Waals surface area contributed by atoms with Crippen LogP contribution in [-0.4, -0.2) is 17.8 Å². The van der Waals surface area contributed by atoms with Crippen molar-refractivity contribution in [1.82, 2.24) is 0 Å². The molecule has 86 valence electrons. The fourth-order valence-corrected chi connectivity index (χ4v) is 1.60. The van der Waals surface area contributed by atoms with Gasteiger partial charge in [-0.05, 0) is 43.5 Å². The summed E-state index contributed by atoms with van der Waals surface area (Å²) in [6.07, 6.45) is 3.96. The summed E-state index contributed by atoms with van der Waals surface area (Å²) in [5, 5.41) is 0. The van der Waals surface area contributed by atoms with E-state index in [1.807, 2.05) is 24.3 Å². The molecule has 0 bridgehead atoms. The van der Waals surface area contributed by atoms with E-state index >= 15 is 0 Å². The van der Waals surface area contributed by atoms with Gasteiger partial charge in [-0.15, -0.1) is 11.6 Å². The van der Waals surface area contributed by atoms with E-state index in [9.17, 15) is 4.79 Å². The van der Waals surface area contributed by atoms with Crippen molar-refractivity contribution in [3.8, 4) is 5.75 Å². The van der Waals surface area contributed by atoms with Gasteiger partial charge in [-0.3, -0.25) is 4.79 Å². The number of ether oxygens (including phenoxy) is 1. The largest absolute Gasteiger partial charge is 0.490 e. The molecule has 2 nitrogen and oxygen atoms in total. The Bertz CT molecular complexity index is 355. The molecule has 0 amide bonds. The highest BCUT2D eigenvalue weighted by Crippen LogP contribution is 2.26. The van der Waals surface area contributed by atoms with Crippen LogP contribution in [0.2, 0.25) is 0 Å². The average Bonchev–Trinajstić information content (AvgIpc) is 3.11. The molecule has 1 aliphatic rings. The van der Waals surface area contributed by atoms with Gasteiger partial charge in [-0.25, -0.2) is 0 Å². The zero-order chi connectivity index (χ0) is 11.4. The maximum atomic E-state index is 11.6. The van der Waals surface area contributed by atoms with Gasteiger partial charge >= 0.3 is 0 Å². The molecule has 0 heterocycles. The number of alkyl halides is 1. The molecule has 0 aromatic heterocycles. The quantitative estimate of drug-likeness (QED) is 0.561. The van der Waals surface area contributed by atoms with E-state index in [4.69, 9.17) is 16.3 Å². The number of hydrogen-bond donors (Lipinski definition) is 0. The number of carbonyl (C=O) groups is 1. The van der Waals surface area contributed by atoms with E-state index in [0.29, 0.717) is 18.4 Å². The normalized spacial score (nSPS) is 14.8. The SMILES string of the molecule is O=C(CCCCl)c1ccc(OC2CC2)cc1. The summed E-state index contributed by atoms with van der Waals surface area (Å²) in [6.45, 7) is 0. The second-order valence-corrected chi connectivity index (χ2v) is 4.44. The van der Waals surface area contributed by atoms with E-state index in [2.05, 4.69) is 0 Å². The van der Waals surface area contributed by atoms with Crippen molar-refractivity contribution in [2.24, 2.45) is 0 Å². The van der Waals surface area contributed by atoms with Crippen molar-refractivity contribution in [1.29, 1.82) is 0 Å². The first-order valence-electron chi connectivity index (χ1n) is 5.65. The molecule has 2 rings (SSSR count). The smallest absolute Gasteiger partial charge is 0.162 e. The second kappa shape index (κ2) is 5.35. The summed E-state index contributed by atoms with van der Waals surface area (Å²) in [7, 11) is 0. The minimum absolute atomic E-state index is 0.152. The van der Waals surface area contributed by atoms with Gasteiger partial charge in [-0.2, -0.15) is 0 Å². The van der Waals surface area contributed by atoms with Gasteiger partial charge < -0.3 is 4.74 Å². The maximum Gasteiger partial charge on any atom is 0.162 e. The zero-order valence-electron chi connectivity index (χ0n) is 9.12. The molecule has 0 aliphatic heterocycles. The van der Waals surface area contributed by atoms with Crippen LogP contribution in [0.4, 0.5) is 0 Å². The molecule has 0 unspecified atom stereocenters.